The second-order valence-corrected chi connectivity index (χ2v) is 5.12. The molecule has 25 heavy (non-hydrogen) atoms. The van der Waals surface area contributed by atoms with Gasteiger partial charge in [-0.3, -0.25) is 0 Å². The molecule has 1 N–H and O–H groups in total. The summed E-state index contributed by atoms with van der Waals surface area (Å²) in [5.74, 6) is 0.204. The summed E-state index contributed by atoms with van der Waals surface area (Å²) in [7, 11) is 0. The summed E-state index contributed by atoms with van der Waals surface area (Å²) in [5, 5.41) is 12.1. The molecule has 0 saturated heterocycles. The lowest BCUT2D eigenvalue weighted by atomic mass is 10.2. The number of nitrogens with zero attached hydrogens (tertiary/aromatic N) is 2. The molecule has 0 aliphatic heterocycles. The fraction of sp³-hybridized carbons (Fsp3) is 0.111. The van der Waals surface area contributed by atoms with Crippen LogP contribution in [0.1, 0.15) is 17.1 Å². The van der Waals surface area contributed by atoms with E-state index in [9.17, 15) is 8.78 Å². The predicted molar refractivity (Wildman–Crippen MR) is 85.7 cm³/mol. The first-order chi connectivity index (χ1) is 12.1. The highest BCUT2D eigenvalue weighted by Gasteiger charge is 2.13. The molecule has 0 unspecified atom stereocenters. The van der Waals surface area contributed by atoms with Gasteiger partial charge in [0.15, 0.2) is 6.61 Å². The summed E-state index contributed by atoms with van der Waals surface area (Å²) in [6.45, 7) is 0.348. The van der Waals surface area contributed by atoms with Crippen molar-refractivity contribution in [2.75, 3.05) is 5.32 Å². The topological polar surface area (TPSA) is 71.1 Å². The van der Waals surface area contributed by atoms with Crippen molar-refractivity contribution in [2.45, 2.75) is 13.2 Å². The number of nitrogens with one attached hydrogen (secondary N) is 1. The number of nitriles is 1. The summed E-state index contributed by atoms with van der Waals surface area (Å²) >= 11 is 0. The fourth-order valence-electron chi connectivity index (χ4n) is 2.08. The number of anilines is 1. The van der Waals surface area contributed by atoms with Gasteiger partial charge in [0.05, 0.1) is 0 Å². The highest BCUT2D eigenvalue weighted by molar-refractivity contribution is 5.45. The van der Waals surface area contributed by atoms with Crippen LogP contribution in [0.15, 0.2) is 52.9 Å². The predicted octanol–water partition coefficient (Wildman–Crippen LogP) is 4.02. The molecule has 1 heterocycles. The van der Waals surface area contributed by atoms with Crippen molar-refractivity contribution in [3.05, 3.63) is 77.3 Å². The zero-order chi connectivity index (χ0) is 17.6. The SMILES string of the molecule is N#Cc1nc(COc2ccc(F)cc2)oc1NCc1ccc(F)cc1. The second-order valence-electron chi connectivity index (χ2n) is 5.12. The Kier molecular flexibility index (Phi) is 4.90. The van der Waals surface area contributed by atoms with Gasteiger partial charge in [-0.15, -0.1) is 0 Å². The Morgan fingerprint density at radius 1 is 1.04 bits per heavy atom. The van der Waals surface area contributed by atoms with Gasteiger partial charge < -0.3 is 14.5 Å². The molecule has 0 saturated carbocycles. The molecule has 2 aromatic carbocycles. The summed E-state index contributed by atoms with van der Waals surface area (Å²) in [4.78, 5) is 4.04. The average Bonchev–Trinajstić information content (AvgIpc) is 3.03. The largest absolute Gasteiger partial charge is 0.484 e. The first-order valence-electron chi connectivity index (χ1n) is 7.40. The molecular weight excluding hydrogens is 328 g/mol. The van der Waals surface area contributed by atoms with Crippen molar-refractivity contribution in [3.63, 3.8) is 0 Å². The molecule has 0 radical (unpaired) electrons. The van der Waals surface area contributed by atoms with Crippen LogP contribution in [0.4, 0.5) is 14.7 Å². The molecule has 0 bridgehead atoms. The molecule has 126 valence electrons. The first-order valence-corrected chi connectivity index (χ1v) is 7.40. The van der Waals surface area contributed by atoms with E-state index in [1.54, 1.807) is 12.1 Å². The van der Waals surface area contributed by atoms with Gasteiger partial charge in [0, 0.05) is 6.54 Å². The maximum Gasteiger partial charge on any atom is 0.236 e. The summed E-state index contributed by atoms with van der Waals surface area (Å²) < 4.78 is 36.7. The molecule has 5 nitrogen and oxygen atoms in total. The van der Waals surface area contributed by atoms with E-state index in [-0.39, 0.29) is 35.7 Å². The minimum absolute atomic E-state index is 0.00145. The fourth-order valence-corrected chi connectivity index (χ4v) is 2.08. The van der Waals surface area contributed by atoms with E-state index in [0.29, 0.717) is 12.3 Å². The Bertz CT molecular complexity index is 884. The van der Waals surface area contributed by atoms with Crippen LogP contribution in [0.3, 0.4) is 0 Å². The number of hydrogen-bond acceptors (Lipinski definition) is 5. The number of oxazole rings is 1. The van der Waals surface area contributed by atoms with Gasteiger partial charge in [0.2, 0.25) is 17.5 Å². The van der Waals surface area contributed by atoms with Crippen LogP contribution in [0, 0.1) is 23.0 Å². The van der Waals surface area contributed by atoms with Crippen LogP contribution in [-0.2, 0) is 13.2 Å². The number of rotatable bonds is 6. The second kappa shape index (κ2) is 7.45. The number of aromatic nitrogens is 1. The highest BCUT2D eigenvalue weighted by Crippen LogP contribution is 2.20. The molecule has 0 aliphatic rings. The maximum absolute atomic E-state index is 12.9. The summed E-state index contributed by atoms with van der Waals surface area (Å²) in [5.41, 5.74) is 0.922. The van der Waals surface area contributed by atoms with Crippen molar-refractivity contribution in [3.8, 4) is 11.8 Å². The van der Waals surface area contributed by atoms with Crippen LogP contribution in [-0.4, -0.2) is 4.98 Å². The molecule has 0 aliphatic carbocycles. The van der Waals surface area contributed by atoms with E-state index in [1.165, 1.54) is 36.4 Å². The van der Waals surface area contributed by atoms with Gasteiger partial charge in [-0.05, 0) is 42.0 Å². The quantitative estimate of drug-likeness (QED) is 0.733. The molecular formula is C18H13F2N3O2. The van der Waals surface area contributed by atoms with Crippen LogP contribution in [0.25, 0.3) is 0 Å². The lowest BCUT2D eigenvalue weighted by Crippen LogP contribution is -1.99. The highest BCUT2D eigenvalue weighted by atomic mass is 19.1. The lowest BCUT2D eigenvalue weighted by Gasteiger charge is -2.04. The minimum atomic E-state index is -0.359. The van der Waals surface area contributed by atoms with Gasteiger partial charge in [-0.25, -0.2) is 8.78 Å². The molecule has 0 fully saturated rings. The normalized spacial score (nSPS) is 10.3. The van der Waals surface area contributed by atoms with E-state index < -0.39 is 0 Å². The zero-order valence-electron chi connectivity index (χ0n) is 13.0. The molecule has 1 aromatic heterocycles. The monoisotopic (exact) mass is 341 g/mol. The molecule has 3 aromatic rings. The van der Waals surface area contributed by atoms with E-state index >= 15 is 0 Å². The third-order valence-electron chi connectivity index (χ3n) is 3.32. The van der Waals surface area contributed by atoms with Crippen molar-refractivity contribution < 1.29 is 17.9 Å². The smallest absolute Gasteiger partial charge is 0.236 e. The Morgan fingerprint density at radius 3 is 2.32 bits per heavy atom. The lowest BCUT2D eigenvalue weighted by molar-refractivity contribution is 0.264. The van der Waals surface area contributed by atoms with Gasteiger partial charge in [0.25, 0.3) is 0 Å². The Morgan fingerprint density at radius 2 is 1.68 bits per heavy atom. The molecule has 0 spiro atoms. The summed E-state index contributed by atoms with van der Waals surface area (Å²) in [6.07, 6.45) is 0. The first kappa shape index (κ1) is 16.5. The summed E-state index contributed by atoms with van der Waals surface area (Å²) in [6, 6.07) is 13.4. The van der Waals surface area contributed by atoms with Crippen LogP contribution in [0.5, 0.6) is 5.75 Å². The van der Waals surface area contributed by atoms with E-state index in [0.717, 1.165) is 5.56 Å². The van der Waals surface area contributed by atoms with Crippen LogP contribution >= 0.6 is 0 Å². The Hall–Kier alpha value is -3.40. The number of benzene rings is 2. The van der Waals surface area contributed by atoms with Crippen molar-refractivity contribution in [2.24, 2.45) is 0 Å². The Labute approximate surface area is 142 Å². The minimum Gasteiger partial charge on any atom is -0.484 e. The van der Waals surface area contributed by atoms with Crippen molar-refractivity contribution in [1.29, 1.82) is 5.26 Å². The third kappa shape index (κ3) is 4.32. The molecule has 3 rings (SSSR count). The number of halogens is 2. The van der Waals surface area contributed by atoms with E-state index in [1.807, 2.05) is 6.07 Å². The van der Waals surface area contributed by atoms with Crippen LogP contribution < -0.4 is 10.1 Å². The maximum atomic E-state index is 12.9. The molecule has 0 atom stereocenters. The van der Waals surface area contributed by atoms with Gasteiger partial charge in [-0.2, -0.15) is 10.2 Å². The van der Waals surface area contributed by atoms with Crippen LogP contribution in [0.2, 0.25) is 0 Å². The van der Waals surface area contributed by atoms with Gasteiger partial charge in [-0.1, -0.05) is 12.1 Å². The number of hydrogen-bond donors (Lipinski definition) is 1. The average molecular weight is 341 g/mol. The third-order valence-corrected chi connectivity index (χ3v) is 3.32. The Balaban J connectivity index is 1.63. The molecule has 7 heteroatoms. The van der Waals surface area contributed by atoms with Gasteiger partial charge >= 0.3 is 0 Å². The van der Waals surface area contributed by atoms with E-state index in [2.05, 4.69) is 10.3 Å². The standard InChI is InChI=1S/C18H13F2N3O2/c19-13-3-1-12(2-4-13)10-22-18-16(9-21)23-17(25-18)11-24-15-7-5-14(20)6-8-15/h1-8,22H,10-11H2. The zero-order valence-corrected chi connectivity index (χ0v) is 13.0. The number of ether oxygens (including phenoxy) is 1. The van der Waals surface area contributed by atoms with Crippen molar-refractivity contribution >= 4 is 5.88 Å². The van der Waals surface area contributed by atoms with E-state index in [4.69, 9.17) is 14.4 Å². The van der Waals surface area contributed by atoms with Crippen molar-refractivity contribution in [1.82, 2.24) is 4.98 Å². The molecule has 0 amide bonds. The van der Waals surface area contributed by atoms with Gasteiger partial charge in [0.1, 0.15) is 23.5 Å².